The van der Waals surface area contributed by atoms with Gasteiger partial charge in [0.15, 0.2) is 0 Å². The molecule has 4 atom stereocenters. The number of carbonyl (C=O) groups is 9. The van der Waals surface area contributed by atoms with Crippen LogP contribution < -0.4 is 21.3 Å². The Hall–Kier alpha value is -4.47. The lowest BCUT2D eigenvalue weighted by Crippen LogP contribution is -2.52. The number of halogens is 1. The second kappa shape index (κ2) is 19.4. The van der Waals surface area contributed by atoms with Crippen molar-refractivity contribution in [3.8, 4) is 0 Å². The van der Waals surface area contributed by atoms with Crippen LogP contribution in [-0.4, -0.2) is 121 Å². The molecule has 262 valence electrons. The SMILES string of the molecule is O=C(O)CC[C@H](NC(=O)N[C@@H](CSC1CC(=O)N(CCCC[C@H](NC(=O)CNC(=O)c2cccc([125I])c2)C(=O)O)C1=O)C(=O)O)C(=O)O. The van der Waals surface area contributed by atoms with Gasteiger partial charge in [0.1, 0.15) is 18.1 Å². The summed E-state index contributed by atoms with van der Waals surface area (Å²) in [5, 5.41) is 44.7. The molecule has 1 heterocycles. The van der Waals surface area contributed by atoms with E-state index in [0.29, 0.717) is 5.56 Å². The number of rotatable bonds is 20. The maximum Gasteiger partial charge on any atom is 0.327 e. The summed E-state index contributed by atoms with van der Waals surface area (Å²) in [5.74, 6) is -8.37. The maximum atomic E-state index is 12.8. The number of carbonyl (C=O) groups excluding carboxylic acids is 5. The van der Waals surface area contributed by atoms with Crippen LogP contribution in [0.15, 0.2) is 24.3 Å². The quantitative estimate of drug-likeness (QED) is 0.0477. The Morgan fingerprint density at radius 3 is 2.10 bits per heavy atom. The van der Waals surface area contributed by atoms with E-state index in [-0.39, 0.29) is 38.0 Å². The van der Waals surface area contributed by atoms with Gasteiger partial charge in [-0.05, 0) is 66.5 Å². The second-order valence-corrected chi connectivity index (χ2v) is 12.9. The molecule has 1 aliphatic heterocycles. The second-order valence-electron chi connectivity index (χ2n) is 10.4. The molecule has 0 aliphatic carbocycles. The monoisotopic (exact) mass is 805 g/mol. The van der Waals surface area contributed by atoms with Gasteiger partial charge in [0, 0.05) is 34.3 Å². The van der Waals surface area contributed by atoms with Crippen LogP contribution in [0.5, 0.6) is 0 Å². The molecular formula is C28H34IN5O13S. The molecule has 0 saturated carbocycles. The summed E-state index contributed by atoms with van der Waals surface area (Å²) in [6, 6.07) is 0.988. The van der Waals surface area contributed by atoms with Gasteiger partial charge in [0.2, 0.25) is 17.7 Å². The fourth-order valence-electron chi connectivity index (χ4n) is 4.30. The number of nitrogens with one attached hydrogen (secondary N) is 4. The van der Waals surface area contributed by atoms with E-state index in [9.17, 15) is 53.4 Å². The van der Waals surface area contributed by atoms with Crippen LogP contribution in [0.1, 0.15) is 48.9 Å². The zero-order valence-electron chi connectivity index (χ0n) is 25.2. The molecule has 2 rings (SSSR count). The summed E-state index contributed by atoms with van der Waals surface area (Å²) in [6.45, 7) is -0.515. The van der Waals surface area contributed by atoms with Gasteiger partial charge in [-0.25, -0.2) is 19.2 Å². The Bertz CT molecular complexity index is 1430. The first kappa shape index (κ1) is 39.7. The van der Waals surface area contributed by atoms with E-state index in [1.54, 1.807) is 24.3 Å². The predicted molar refractivity (Wildman–Crippen MR) is 174 cm³/mol. The molecule has 0 spiro atoms. The van der Waals surface area contributed by atoms with E-state index in [4.69, 9.17) is 10.2 Å². The molecule has 18 nitrogen and oxygen atoms in total. The van der Waals surface area contributed by atoms with Gasteiger partial charge >= 0.3 is 29.9 Å². The number of hydrogen-bond acceptors (Lipinski definition) is 10. The average molecular weight is 806 g/mol. The number of carboxylic acids is 4. The van der Waals surface area contributed by atoms with Crippen LogP contribution in [-0.2, 0) is 33.6 Å². The number of imide groups is 1. The number of amides is 6. The van der Waals surface area contributed by atoms with Gasteiger partial charge < -0.3 is 41.7 Å². The minimum Gasteiger partial charge on any atom is -0.481 e. The number of unbranched alkanes of at least 4 members (excludes halogenated alkanes) is 1. The molecule has 1 saturated heterocycles. The molecule has 6 amide bonds. The zero-order chi connectivity index (χ0) is 36.0. The zero-order valence-corrected chi connectivity index (χ0v) is 28.2. The molecule has 1 aliphatic rings. The highest BCUT2D eigenvalue weighted by molar-refractivity contribution is 14.1. The average Bonchev–Trinajstić information content (AvgIpc) is 3.28. The van der Waals surface area contributed by atoms with E-state index < -0.39 is 96.3 Å². The molecule has 0 aromatic heterocycles. The number of urea groups is 1. The highest BCUT2D eigenvalue weighted by Crippen LogP contribution is 2.26. The molecule has 20 heteroatoms. The van der Waals surface area contributed by atoms with Crippen LogP contribution in [0.2, 0.25) is 0 Å². The fraction of sp³-hybridized carbons (Fsp3) is 0.464. The summed E-state index contributed by atoms with van der Waals surface area (Å²) < 4.78 is 0.815. The van der Waals surface area contributed by atoms with Crippen molar-refractivity contribution in [3.05, 3.63) is 33.4 Å². The van der Waals surface area contributed by atoms with E-state index in [0.717, 1.165) is 20.2 Å². The molecule has 1 fully saturated rings. The summed E-state index contributed by atoms with van der Waals surface area (Å²) in [4.78, 5) is 108. The normalized spacial score (nSPS) is 15.9. The maximum absolute atomic E-state index is 12.8. The Balaban J connectivity index is 1.80. The minimum atomic E-state index is -1.59. The summed E-state index contributed by atoms with van der Waals surface area (Å²) in [5.41, 5.74) is 0.333. The number of aliphatic carboxylic acids is 4. The number of thioether (sulfide) groups is 1. The Morgan fingerprint density at radius 1 is 0.875 bits per heavy atom. The van der Waals surface area contributed by atoms with Crippen molar-refractivity contribution in [2.24, 2.45) is 0 Å². The highest BCUT2D eigenvalue weighted by atomic mass is 125. The molecule has 8 N–H and O–H groups in total. The number of carboxylic acid groups (broad SMARTS) is 4. The molecular weight excluding hydrogens is 771 g/mol. The molecule has 48 heavy (non-hydrogen) atoms. The van der Waals surface area contributed by atoms with E-state index in [1.165, 1.54) is 0 Å². The number of likely N-dealkylation sites (tertiary alicyclic amines) is 1. The molecule has 0 radical (unpaired) electrons. The Kier molecular flexibility index (Phi) is 16.0. The van der Waals surface area contributed by atoms with Gasteiger partial charge in [0.05, 0.1) is 11.8 Å². The van der Waals surface area contributed by atoms with E-state index >= 15 is 0 Å². The Morgan fingerprint density at radius 2 is 1.50 bits per heavy atom. The minimum absolute atomic E-state index is 0.0344. The summed E-state index contributed by atoms with van der Waals surface area (Å²) in [7, 11) is 0. The molecule has 1 unspecified atom stereocenters. The van der Waals surface area contributed by atoms with Crippen LogP contribution in [0.3, 0.4) is 0 Å². The van der Waals surface area contributed by atoms with E-state index in [2.05, 4.69) is 16.0 Å². The van der Waals surface area contributed by atoms with Crippen LogP contribution in [0.25, 0.3) is 0 Å². The number of hydrogen-bond donors (Lipinski definition) is 8. The standard InChI is InChI=1S/C28H34IN5O13S/c29-15-5-3-4-14(10-15)23(39)30-12-20(35)31-16(25(41)42)6-1-2-9-34-21(36)11-19(24(34)40)48-13-18(27(45)46)33-28(47)32-17(26(43)44)7-8-22(37)38/h3-5,10,16-19H,1-2,6-9,11-13H2,(H,30,39)(H,31,35)(H,37,38)(H,41,42)(H,43,44)(H,45,46)(H2,32,33,47)/t16-,17-,18-,19?/m0/s1/i29-2. The van der Waals surface area contributed by atoms with Crippen LogP contribution in [0.4, 0.5) is 4.79 Å². The van der Waals surface area contributed by atoms with Crippen molar-refractivity contribution >= 4 is 87.9 Å². The van der Waals surface area contributed by atoms with Crippen molar-refractivity contribution in [1.82, 2.24) is 26.2 Å². The third-order valence-electron chi connectivity index (χ3n) is 6.77. The third kappa shape index (κ3) is 13.3. The van der Waals surface area contributed by atoms with Gasteiger partial charge in [-0.2, -0.15) is 0 Å². The first-order valence-electron chi connectivity index (χ1n) is 14.3. The van der Waals surface area contributed by atoms with Gasteiger partial charge in [-0.1, -0.05) is 6.07 Å². The fourth-order valence-corrected chi connectivity index (χ4v) is 6.03. The lowest BCUT2D eigenvalue weighted by molar-refractivity contribution is -0.142. The molecule has 1 aromatic rings. The van der Waals surface area contributed by atoms with Crippen molar-refractivity contribution in [2.75, 3.05) is 18.8 Å². The van der Waals surface area contributed by atoms with E-state index in [1.807, 2.05) is 27.9 Å². The predicted octanol–water partition coefficient (Wildman–Crippen LogP) is -0.308. The highest BCUT2D eigenvalue weighted by Gasteiger charge is 2.39. The first-order chi connectivity index (χ1) is 22.6. The van der Waals surface area contributed by atoms with Crippen molar-refractivity contribution < 1.29 is 63.6 Å². The van der Waals surface area contributed by atoms with Crippen LogP contribution >= 0.6 is 34.4 Å². The van der Waals surface area contributed by atoms with Gasteiger partial charge in [-0.15, -0.1) is 11.8 Å². The smallest absolute Gasteiger partial charge is 0.327 e. The molecule has 1 aromatic carbocycles. The molecule has 0 bridgehead atoms. The van der Waals surface area contributed by atoms with Gasteiger partial charge in [-0.3, -0.25) is 28.9 Å². The topological polar surface area (TPSA) is 286 Å². The summed E-state index contributed by atoms with van der Waals surface area (Å²) >= 11 is 2.82. The third-order valence-corrected chi connectivity index (χ3v) is 8.74. The summed E-state index contributed by atoms with van der Waals surface area (Å²) in [6.07, 6.45) is -0.891. The van der Waals surface area contributed by atoms with Crippen LogP contribution in [0, 0.1) is 3.57 Å². The first-order valence-corrected chi connectivity index (χ1v) is 16.5. The van der Waals surface area contributed by atoms with Crippen molar-refractivity contribution in [2.45, 2.75) is 61.9 Å². The lowest BCUT2D eigenvalue weighted by Gasteiger charge is -2.19. The number of nitrogens with zero attached hydrogens (tertiary/aromatic N) is 1. The van der Waals surface area contributed by atoms with Crippen molar-refractivity contribution in [1.29, 1.82) is 0 Å². The van der Waals surface area contributed by atoms with Gasteiger partial charge in [0.25, 0.3) is 5.91 Å². The lowest BCUT2D eigenvalue weighted by atomic mass is 10.1. The largest absolute Gasteiger partial charge is 0.481 e. The van der Waals surface area contributed by atoms with Crippen molar-refractivity contribution in [3.63, 3.8) is 0 Å². The Labute approximate surface area is 290 Å². The number of benzene rings is 1.